The Morgan fingerprint density at radius 1 is 1.06 bits per heavy atom. The Balaban J connectivity index is 1.15. The maximum atomic E-state index is 14.2. The van der Waals surface area contributed by atoms with Crippen LogP contribution in [-0.4, -0.2) is 65.4 Å². The number of para-hydroxylation sites is 1. The number of hydrogen-bond acceptors (Lipinski definition) is 9. The van der Waals surface area contributed by atoms with Crippen LogP contribution < -0.4 is 4.57 Å². The summed E-state index contributed by atoms with van der Waals surface area (Å²) in [7, 11) is -2.89. The lowest BCUT2D eigenvalue weighted by Crippen LogP contribution is -2.36. The minimum absolute atomic E-state index is 0.0462. The number of nitrogens with zero attached hydrogens (tertiary/aromatic N) is 9. The topological polar surface area (TPSA) is 125 Å². The largest absolute Gasteiger partial charge is 0.290 e. The summed E-state index contributed by atoms with van der Waals surface area (Å²) in [4.78, 5) is 23.7. The SMILES string of the molecule is Cc1nc2c(-c3cccc[n+]3C3CC3S(=O)c3cc4c(cn3)nc(-c3nccs3)n4-c3ccccc3)nn(C(C)C)c2nc1S(=O)CCCF. The Morgan fingerprint density at radius 2 is 1.88 bits per heavy atom. The molecule has 7 aromatic rings. The van der Waals surface area contributed by atoms with Crippen molar-refractivity contribution in [2.24, 2.45) is 0 Å². The van der Waals surface area contributed by atoms with Gasteiger partial charge in [0.2, 0.25) is 5.69 Å². The lowest BCUT2D eigenvalue weighted by atomic mass is 10.2. The Morgan fingerprint density at radius 3 is 2.64 bits per heavy atom. The molecule has 0 bridgehead atoms. The van der Waals surface area contributed by atoms with Crippen LogP contribution in [-0.2, 0) is 21.6 Å². The number of fused-ring (bicyclic) bond motifs is 2. The molecule has 0 amide bonds. The number of hydrogen-bond donors (Lipinski definition) is 0. The highest BCUT2D eigenvalue weighted by Gasteiger charge is 2.52. The lowest BCUT2D eigenvalue weighted by Gasteiger charge is -2.08. The minimum Gasteiger partial charge on any atom is -0.290 e. The Labute approximate surface area is 296 Å². The number of halogens is 1. The van der Waals surface area contributed by atoms with Gasteiger partial charge in [-0.15, -0.1) is 11.3 Å². The number of imidazole rings is 1. The summed E-state index contributed by atoms with van der Waals surface area (Å²) < 4.78 is 46.0. The number of benzene rings is 1. The number of pyridine rings is 2. The van der Waals surface area contributed by atoms with Gasteiger partial charge in [-0.25, -0.2) is 29.6 Å². The van der Waals surface area contributed by atoms with Crippen LogP contribution in [0.5, 0.6) is 0 Å². The molecule has 4 unspecified atom stereocenters. The number of thiazole rings is 1. The quantitative estimate of drug-likeness (QED) is 0.146. The fraction of sp³-hybridized carbons (Fsp3) is 0.286. The van der Waals surface area contributed by atoms with Gasteiger partial charge in [0.15, 0.2) is 39.4 Å². The van der Waals surface area contributed by atoms with Gasteiger partial charge in [-0.2, -0.15) is 9.67 Å². The molecule has 11 nitrogen and oxygen atoms in total. The zero-order valence-electron chi connectivity index (χ0n) is 27.5. The molecule has 6 heterocycles. The number of rotatable bonds is 11. The van der Waals surface area contributed by atoms with E-state index in [1.54, 1.807) is 24.0 Å². The Hall–Kier alpha value is -4.60. The van der Waals surface area contributed by atoms with Crippen LogP contribution in [0.1, 0.15) is 44.5 Å². The van der Waals surface area contributed by atoms with Crippen molar-refractivity contribution < 1.29 is 17.4 Å². The first-order chi connectivity index (χ1) is 24.3. The van der Waals surface area contributed by atoms with Crippen LogP contribution in [0.2, 0.25) is 0 Å². The van der Waals surface area contributed by atoms with Gasteiger partial charge in [-0.05, 0) is 51.5 Å². The van der Waals surface area contributed by atoms with Crippen LogP contribution in [0.15, 0.2) is 88.6 Å². The standard InChI is InChI=1S/C35H33FN9O2S3/c1-21(2)45-32-31(39-22(3)35(41-32)49(46)17-9-13-36)30(42-45)25-12-7-8-15-43(25)27-18-28(27)50(47)29-19-26-24(20-38-29)40-33(34-37-14-16-48-34)44(26)23-10-5-4-6-11-23/h4-8,10-12,14-16,19-21,27-28H,9,13,17-18H2,1-3H3/q+1. The third-order valence-corrected chi connectivity index (χ3v) is 12.6. The van der Waals surface area contributed by atoms with Crippen molar-refractivity contribution in [1.82, 2.24) is 39.3 Å². The molecule has 1 aromatic carbocycles. The highest BCUT2D eigenvalue weighted by molar-refractivity contribution is 7.86. The summed E-state index contributed by atoms with van der Waals surface area (Å²) in [5.41, 5.74) is 5.56. The van der Waals surface area contributed by atoms with E-state index >= 15 is 0 Å². The van der Waals surface area contributed by atoms with Gasteiger partial charge in [0, 0.05) is 47.6 Å². The molecule has 4 atom stereocenters. The van der Waals surface area contributed by atoms with E-state index in [4.69, 9.17) is 20.1 Å². The molecule has 15 heteroatoms. The van der Waals surface area contributed by atoms with E-state index in [1.807, 2.05) is 84.6 Å². The Kier molecular flexibility index (Phi) is 8.65. The molecule has 1 saturated carbocycles. The second-order valence-electron chi connectivity index (χ2n) is 12.4. The fourth-order valence-electron chi connectivity index (χ4n) is 6.22. The predicted octanol–water partition coefficient (Wildman–Crippen LogP) is 6.12. The second-order valence-corrected chi connectivity index (χ2v) is 16.4. The highest BCUT2D eigenvalue weighted by atomic mass is 32.2. The summed E-state index contributed by atoms with van der Waals surface area (Å²) in [5, 5.41) is 8.36. The summed E-state index contributed by atoms with van der Waals surface area (Å²) in [6, 6.07) is 17.6. The maximum Gasteiger partial charge on any atom is 0.235 e. The fourth-order valence-corrected chi connectivity index (χ4v) is 9.44. The number of aromatic nitrogens is 9. The van der Waals surface area contributed by atoms with Crippen LogP contribution in [0.25, 0.3) is 50.1 Å². The van der Waals surface area contributed by atoms with Gasteiger partial charge in [0.1, 0.15) is 21.3 Å². The third-order valence-electron chi connectivity index (χ3n) is 8.65. The third kappa shape index (κ3) is 5.76. The monoisotopic (exact) mass is 726 g/mol. The van der Waals surface area contributed by atoms with E-state index < -0.39 is 28.3 Å². The van der Waals surface area contributed by atoms with Gasteiger partial charge in [-0.3, -0.25) is 17.4 Å². The van der Waals surface area contributed by atoms with Crippen molar-refractivity contribution in [2.45, 2.75) is 61.0 Å². The van der Waals surface area contributed by atoms with E-state index in [0.29, 0.717) is 50.4 Å². The summed E-state index contributed by atoms with van der Waals surface area (Å²) in [5.74, 6) is 0.895. The second kappa shape index (κ2) is 13.3. The van der Waals surface area contributed by atoms with E-state index in [-0.39, 0.29) is 29.5 Å². The van der Waals surface area contributed by atoms with Gasteiger partial charge < -0.3 is 0 Å². The van der Waals surface area contributed by atoms with Gasteiger partial charge in [0.05, 0.1) is 45.7 Å². The van der Waals surface area contributed by atoms with Crippen LogP contribution in [0.3, 0.4) is 0 Å². The van der Waals surface area contributed by atoms with E-state index in [9.17, 15) is 12.8 Å². The molecule has 50 heavy (non-hydrogen) atoms. The molecule has 0 aliphatic heterocycles. The van der Waals surface area contributed by atoms with Crippen molar-refractivity contribution in [2.75, 3.05) is 12.4 Å². The molecule has 6 aromatic heterocycles. The molecule has 0 N–H and O–H groups in total. The zero-order valence-corrected chi connectivity index (χ0v) is 30.0. The normalized spacial score (nSPS) is 17.1. The molecule has 0 saturated heterocycles. The summed E-state index contributed by atoms with van der Waals surface area (Å²) >= 11 is 1.51. The van der Waals surface area contributed by atoms with Crippen LogP contribution in [0.4, 0.5) is 4.39 Å². The van der Waals surface area contributed by atoms with Gasteiger partial charge in [-0.1, -0.05) is 18.2 Å². The number of aryl methyl sites for hydroxylation is 1. The first-order valence-corrected chi connectivity index (χ1v) is 19.7. The molecule has 8 rings (SSSR count). The molecule has 254 valence electrons. The van der Waals surface area contributed by atoms with Crippen LogP contribution >= 0.6 is 11.3 Å². The maximum absolute atomic E-state index is 14.2. The van der Waals surface area contributed by atoms with E-state index in [2.05, 4.69) is 14.5 Å². The molecule has 1 aliphatic rings. The number of alkyl halides is 1. The molecule has 0 radical (unpaired) electrons. The average Bonchev–Trinajstić information content (AvgIpc) is 3.42. The van der Waals surface area contributed by atoms with E-state index in [1.165, 1.54) is 11.3 Å². The lowest BCUT2D eigenvalue weighted by molar-refractivity contribution is -0.689. The van der Waals surface area contributed by atoms with Crippen molar-refractivity contribution in [1.29, 1.82) is 0 Å². The minimum atomic E-state index is -1.47. The molecule has 0 spiro atoms. The van der Waals surface area contributed by atoms with E-state index in [0.717, 1.165) is 21.9 Å². The molecular formula is C35H33FN9O2S3+. The summed E-state index contributed by atoms with van der Waals surface area (Å²) in [6.07, 6.45) is 6.34. The van der Waals surface area contributed by atoms with Crippen LogP contribution in [0, 0.1) is 6.92 Å². The van der Waals surface area contributed by atoms with Crippen molar-refractivity contribution in [3.63, 3.8) is 0 Å². The first-order valence-electron chi connectivity index (χ1n) is 16.3. The van der Waals surface area contributed by atoms with Crippen molar-refractivity contribution >= 4 is 55.1 Å². The molecule has 1 aliphatic carbocycles. The predicted molar refractivity (Wildman–Crippen MR) is 192 cm³/mol. The molecule has 1 fully saturated rings. The summed E-state index contributed by atoms with van der Waals surface area (Å²) in [6.45, 7) is 5.25. The molecular weight excluding hydrogens is 694 g/mol. The van der Waals surface area contributed by atoms with Gasteiger partial charge >= 0.3 is 0 Å². The smallest absolute Gasteiger partial charge is 0.235 e. The van der Waals surface area contributed by atoms with Gasteiger partial charge in [0.25, 0.3) is 0 Å². The Bertz CT molecular complexity index is 2410. The van der Waals surface area contributed by atoms with Crippen molar-refractivity contribution in [3.05, 3.63) is 84.3 Å². The average molecular weight is 727 g/mol. The van der Waals surface area contributed by atoms with Crippen molar-refractivity contribution in [3.8, 4) is 27.9 Å². The highest BCUT2D eigenvalue weighted by Crippen LogP contribution is 2.41. The zero-order chi connectivity index (χ0) is 34.5. The first kappa shape index (κ1) is 32.6.